The number of rotatable bonds is 5. The van der Waals surface area contributed by atoms with Crippen LogP contribution in [0.15, 0.2) is 66.9 Å². The Hall–Kier alpha value is -3.87. The van der Waals surface area contributed by atoms with E-state index in [1.807, 2.05) is 0 Å². The number of Topliss-reactive ketones (excluding diaryl/α,β-unsaturated/α-hetero) is 1. The number of nitrogens with zero attached hydrogens (tertiary/aromatic N) is 1. The number of hydrogen-bond acceptors (Lipinski definition) is 4. The molecule has 2 N–H and O–H groups in total. The summed E-state index contributed by atoms with van der Waals surface area (Å²) in [5.41, 5.74) is 1.76. The number of amides is 2. The largest absolute Gasteiger partial charge is 0.322 e. The van der Waals surface area contributed by atoms with E-state index in [1.54, 1.807) is 24.3 Å². The van der Waals surface area contributed by atoms with E-state index in [1.165, 1.54) is 49.5 Å². The molecule has 2 aromatic carbocycles. The minimum atomic E-state index is -0.494. The second kappa shape index (κ2) is 8.22. The maximum Gasteiger partial charge on any atom is 0.274 e. The number of anilines is 2. The summed E-state index contributed by atoms with van der Waals surface area (Å²) in [7, 11) is 0. The molecule has 0 bridgehead atoms. The van der Waals surface area contributed by atoms with E-state index < -0.39 is 17.6 Å². The van der Waals surface area contributed by atoms with E-state index in [9.17, 15) is 18.8 Å². The number of carbonyl (C=O) groups excluding carboxylic acids is 3. The molecule has 140 valence electrons. The number of hydrogen-bond donors (Lipinski definition) is 2. The van der Waals surface area contributed by atoms with Crippen LogP contribution in [0.2, 0.25) is 0 Å². The third-order valence-electron chi connectivity index (χ3n) is 3.91. The van der Waals surface area contributed by atoms with E-state index in [0.29, 0.717) is 16.9 Å². The summed E-state index contributed by atoms with van der Waals surface area (Å²) in [6, 6.07) is 14.6. The van der Waals surface area contributed by atoms with Gasteiger partial charge in [-0.2, -0.15) is 0 Å². The van der Waals surface area contributed by atoms with Gasteiger partial charge in [-0.25, -0.2) is 4.39 Å². The van der Waals surface area contributed by atoms with Crippen molar-refractivity contribution in [2.24, 2.45) is 0 Å². The first-order valence-electron chi connectivity index (χ1n) is 8.38. The van der Waals surface area contributed by atoms with Gasteiger partial charge >= 0.3 is 0 Å². The van der Waals surface area contributed by atoms with Gasteiger partial charge in [-0.3, -0.25) is 19.4 Å². The second-order valence-corrected chi connectivity index (χ2v) is 5.98. The van der Waals surface area contributed by atoms with Gasteiger partial charge in [0.25, 0.3) is 11.8 Å². The third-order valence-corrected chi connectivity index (χ3v) is 3.91. The van der Waals surface area contributed by atoms with Crippen molar-refractivity contribution in [2.75, 3.05) is 10.6 Å². The maximum absolute atomic E-state index is 12.9. The Morgan fingerprint density at radius 1 is 0.786 bits per heavy atom. The lowest BCUT2D eigenvalue weighted by Gasteiger charge is -2.08. The summed E-state index contributed by atoms with van der Waals surface area (Å²) < 4.78 is 12.9. The van der Waals surface area contributed by atoms with Gasteiger partial charge in [0.2, 0.25) is 0 Å². The van der Waals surface area contributed by atoms with Gasteiger partial charge in [0.1, 0.15) is 11.5 Å². The zero-order chi connectivity index (χ0) is 20.1. The molecule has 6 nitrogen and oxygen atoms in total. The van der Waals surface area contributed by atoms with E-state index >= 15 is 0 Å². The summed E-state index contributed by atoms with van der Waals surface area (Å²) in [4.78, 5) is 40.0. The van der Waals surface area contributed by atoms with Crippen molar-refractivity contribution in [3.63, 3.8) is 0 Å². The predicted octanol–water partition coefficient (Wildman–Crippen LogP) is 3.93. The van der Waals surface area contributed by atoms with Gasteiger partial charge in [-0.15, -0.1) is 0 Å². The molecule has 0 aliphatic heterocycles. The van der Waals surface area contributed by atoms with E-state index in [4.69, 9.17) is 0 Å². The highest BCUT2D eigenvalue weighted by Gasteiger charge is 2.13. The van der Waals surface area contributed by atoms with Gasteiger partial charge in [0, 0.05) is 28.7 Å². The lowest BCUT2D eigenvalue weighted by molar-refractivity contribution is 0.101. The zero-order valence-corrected chi connectivity index (χ0v) is 14.9. The number of benzene rings is 2. The number of halogens is 1. The second-order valence-electron chi connectivity index (χ2n) is 5.98. The molecule has 0 saturated carbocycles. The summed E-state index contributed by atoms with van der Waals surface area (Å²) >= 11 is 0. The van der Waals surface area contributed by atoms with Crippen LogP contribution in [-0.4, -0.2) is 22.6 Å². The number of carbonyl (C=O) groups is 3. The molecular weight excluding hydrogens is 361 g/mol. The smallest absolute Gasteiger partial charge is 0.274 e. The summed E-state index contributed by atoms with van der Waals surface area (Å²) in [5, 5.41) is 5.28. The van der Waals surface area contributed by atoms with Crippen LogP contribution in [0.25, 0.3) is 0 Å². The Morgan fingerprint density at radius 2 is 1.36 bits per heavy atom. The molecule has 28 heavy (non-hydrogen) atoms. The fourth-order valence-corrected chi connectivity index (χ4v) is 2.42. The summed E-state index contributed by atoms with van der Waals surface area (Å²) in [6.45, 7) is 1.46. The average Bonchev–Trinajstić information content (AvgIpc) is 2.70. The molecular formula is C21H16FN3O3. The van der Waals surface area contributed by atoms with Gasteiger partial charge in [-0.05, 0) is 67.6 Å². The summed E-state index contributed by atoms with van der Waals surface area (Å²) in [6.07, 6.45) is 1.35. The van der Waals surface area contributed by atoms with Crippen molar-refractivity contribution < 1.29 is 18.8 Å². The van der Waals surface area contributed by atoms with Crippen LogP contribution in [0.4, 0.5) is 15.8 Å². The van der Waals surface area contributed by atoms with Crippen molar-refractivity contribution in [1.82, 2.24) is 4.98 Å². The lowest BCUT2D eigenvalue weighted by Crippen LogP contribution is -2.17. The Morgan fingerprint density at radius 3 is 1.96 bits per heavy atom. The van der Waals surface area contributed by atoms with E-state index in [-0.39, 0.29) is 17.0 Å². The standard InChI is InChI=1S/C21H16FN3O3/c1-13(26)14-2-6-17(7-3-14)25-21(28)19-12-15(10-11-23-19)20(27)24-18-8-4-16(22)5-9-18/h2-12H,1H3,(H,24,27)(H,25,28). The fraction of sp³-hybridized carbons (Fsp3) is 0.0476. The molecule has 0 unspecified atom stereocenters. The van der Waals surface area contributed by atoms with Gasteiger partial charge in [0.05, 0.1) is 0 Å². The molecule has 2 amide bonds. The van der Waals surface area contributed by atoms with Crippen LogP contribution in [0.1, 0.15) is 38.1 Å². The molecule has 0 aliphatic rings. The number of pyridine rings is 1. The molecule has 3 rings (SSSR count). The monoisotopic (exact) mass is 377 g/mol. The van der Waals surface area contributed by atoms with Crippen LogP contribution in [0.5, 0.6) is 0 Å². The van der Waals surface area contributed by atoms with Crippen LogP contribution < -0.4 is 10.6 Å². The number of nitrogens with one attached hydrogen (secondary N) is 2. The first-order chi connectivity index (χ1) is 13.4. The molecule has 0 atom stereocenters. The Bertz CT molecular complexity index is 1030. The average molecular weight is 377 g/mol. The topological polar surface area (TPSA) is 88.2 Å². The van der Waals surface area contributed by atoms with Gasteiger partial charge < -0.3 is 10.6 Å². The highest BCUT2D eigenvalue weighted by molar-refractivity contribution is 6.08. The first-order valence-corrected chi connectivity index (χ1v) is 8.38. The van der Waals surface area contributed by atoms with Gasteiger partial charge in [-0.1, -0.05) is 0 Å². The van der Waals surface area contributed by atoms with E-state index in [2.05, 4.69) is 15.6 Å². The molecule has 7 heteroatoms. The normalized spacial score (nSPS) is 10.2. The van der Waals surface area contributed by atoms with Crippen molar-refractivity contribution in [3.05, 3.63) is 89.5 Å². The van der Waals surface area contributed by atoms with Crippen molar-refractivity contribution in [2.45, 2.75) is 6.92 Å². The minimum Gasteiger partial charge on any atom is -0.322 e. The highest BCUT2D eigenvalue weighted by atomic mass is 19.1. The van der Waals surface area contributed by atoms with E-state index in [0.717, 1.165) is 0 Å². The quantitative estimate of drug-likeness (QED) is 0.660. The Balaban J connectivity index is 1.71. The molecule has 0 radical (unpaired) electrons. The van der Waals surface area contributed by atoms with Crippen LogP contribution in [0, 0.1) is 5.82 Å². The predicted molar refractivity (Wildman–Crippen MR) is 103 cm³/mol. The van der Waals surface area contributed by atoms with Gasteiger partial charge in [0.15, 0.2) is 5.78 Å². The number of aromatic nitrogens is 1. The fourth-order valence-electron chi connectivity index (χ4n) is 2.42. The molecule has 1 aromatic heterocycles. The maximum atomic E-state index is 12.9. The molecule has 0 aliphatic carbocycles. The highest BCUT2D eigenvalue weighted by Crippen LogP contribution is 2.13. The summed E-state index contributed by atoms with van der Waals surface area (Å²) in [5.74, 6) is -1.42. The third kappa shape index (κ3) is 4.64. The Labute approximate surface area is 160 Å². The van der Waals surface area contributed by atoms with Crippen molar-refractivity contribution in [3.8, 4) is 0 Å². The number of ketones is 1. The lowest BCUT2D eigenvalue weighted by atomic mass is 10.1. The first kappa shape index (κ1) is 18.9. The van der Waals surface area contributed by atoms with Crippen LogP contribution >= 0.6 is 0 Å². The molecule has 0 saturated heterocycles. The van der Waals surface area contributed by atoms with Crippen molar-refractivity contribution in [1.29, 1.82) is 0 Å². The van der Waals surface area contributed by atoms with Crippen molar-refractivity contribution >= 4 is 29.0 Å². The van der Waals surface area contributed by atoms with Crippen LogP contribution in [-0.2, 0) is 0 Å². The zero-order valence-electron chi connectivity index (χ0n) is 14.9. The minimum absolute atomic E-state index is 0.0578. The Kier molecular flexibility index (Phi) is 5.55. The van der Waals surface area contributed by atoms with Crippen LogP contribution in [0.3, 0.4) is 0 Å². The molecule has 3 aromatic rings. The molecule has 1 heterocycles. The SMILES string of the molecule is CC(=O)c1ccc(NC(=O)c2cc(C(=O)Nc3ccc(F)cc3)ccn2)cc1. The molecule has 0 fully saturated rings. The molecule has 0 spiro atoms.